The summed E-state index contributed by atoms with van der Waals surface area (Å²) in [5.41, 5.74) is 1.18. The van der Waals surface area contributed by atoms with Crippen molar-refractivity contribution in [2.45, 2.75) is 38.3 Å². The van der Waals surface area contributed by atoms with Crippen molar-refractivity contribution in [2.24, 2.45) is 4.99 Å². The van der Waals surface area contributed by atoms with Gasteiger partial charge in [0.1, 0.15) is 0 Å². The molecule has 1 aromatic carbocycles. The van der Waals surface area contributed by atoms with E-state index in [2.05, 4.69) is 20.5 Å². The molecule has 0 amide bonds. The number of rotatable bonds is 8. The van der Waals surface area contributed by atoms with Crippen LogP contribution in [-0.4, -0.2) is 76.2 Å². The summed E-state index contributed by atoms with van der Waals surface area (Å²) >= 11 is 6.01. The summed E-state index contributed by atoms with van der Waals surface area (Å²) in [6.45, 7) is 3.70. The normalized spacial score (nSPS) is 18.1. The van der Waals surface area contributed by atoms with Crippen molar-refractivity contribution in [2.75, 3.05) is 46.5 Å². The van der Waals surface area contributed by atoms with Gasteiger partial charge in [0.15, 0.2) is 5.96 Å². The highest BCUT2D eigenvalue weighted by atomic mass is 35.5. The molecule has 1 aliphatic heterocycles. The molecule has 0 radical (unpaired) electrons. The first-order chi connectivity index (χ1) is 13.8. The first-order valence-corrected chi connectivity index (χ1v) is 12.1. The van der Waals surface area contributed by atoms with Crippen LogP contribution in [0.25, 0.3) is 0 Å². The Kier molecular flexibility index (Phi) is 9.20. The van der Waals surface area contributed by atoms with Gasteiger partial charge in [-0.2, -0.15) is 0 Å². The van der Waals surface area contributed by atoms with Crippen molar-refractivity contribution in [3.05, 3.63) is 34.9 Å². The van der Waals surface area contributed by atoms with Gasteiger partial charge < -0.3 is 15.5 Å². The van der Waals surface area contributed by atoms with Crippen LogP contribution in [0.15, 0.2) is 29.3 Å². The zero-order valence-electron chi connectivity index (χ0n) is 17.9. The Morgan fingerprint density at radius 3 is 2.41 bits per heavy atom. The Hall–Kier alpha value is -1.35. The number of sulfonamides is 1. The fourth-order valence-corrected chi connectivity index (χ4v) is 5.20. The lowest BCUT2D eigenvalue weighted by atomic mass is 10.1. The molecule has 1 heterocycles. The van der Waals surface area contributed by atoms with E-state index in [0.717, 1.165) is 23.8 Å². The van der Waals surface area contributed by atoms with Crippen LogP contribution in [0.2, 0.25) is 5.02 Å². The van der Waals surface area contributed by atoms with Crippen LogP contribution in [0.5, 0.6) is 0 Å². The number of guanidine groups is 1. The van der Waals surface area contributed by atoms with Gasteiger partial charge >= 0.3 is 0 Å². The lowest BCUT2D eigenvalue weighted by molar-refractivity contribution is 0.293. The molecule has 29 heavy (non-hydrogen) atoms. The third kappa shape index (κ3) is 7.13. The molecule has 0 aliphatic carbocycles. The molecule has 9 heteroatoms. The van der Waals surface area contributed by atoms with E-state index in [4.69, 9.17) is 11.6 Å². The number of benzene rings is 1. The molecule has 0 bridgehead atoms. The molecule has 0 aromatic heterocycles. The number of hydrogen-bond donors (Lipinski definition) is 2. The second-order valence-electron chi connectivity index (χ2n) is 7.62. The predicted octanol–water partition coefficient (Wildman–Crippen LogP) is 2.31. The Morgan fingerprint density at radius 1 is 1.28 bits per heavy atom. The predicted molar refractivity (Wildman–Crippen MR) is 121 cm³/mol. The summed E-state index contributed by atoms with van der Waals surface area (Å²) in [6, 6.07) is 8.27. The Balaban J connectivity index is 1.88. The van der Waals surface area contributed by atoms with E-state index in [0.29, 0.717) is 26.1 Å². The molecule has 0 saturated carbocycles. The second-order valence-corrected chi connectivity index (χ2v) is 10.1. The fourth-order valence-electron chi connectivity index (χ4n) is 3.53. The zero-order valence-corrected chi connectivity index (χ0v) is 19.4. The van der Waals surface area contributed by atoms with Crippen LogP contribution in [0.1, 0.15) is 37.8 Å². The number of piperidine rings is 1. The molecule has 2 rings (SSSR count). The van der Waals surface area contributed by atoms with Crippen molar-refractivity contribution >= 4 is 27.6 Å². The summed E-state index contributed by atoms with van der Waals surface area (Å²) in [7, 11) is 2.73. The number of aliphatic imine (C=N–C) groups is 1. The SMILES string of the molecule is CCCS(=O)(=O)N1CCC(NC(=NC)NCC(c2ccc(Cl)cc2)N(C)C)CC1. The number of hydrogen-bond acceptors (Lipinski definition) is 4. The average Bonchev–Trinajstić information content (AvgIpc) is 2.68. The molecular formula is C20H34ClN5O2S. The molecule has 7 nitrogen and oxygen atoms in total. The standard InChI is InChI=1S/C20H34ClN5O2S/c1-5-14-29(27,28)26-12-10-18(11-13-26)24-20(22-2)23-15-19(25(3)4)16-6-8-17(21)9-7-16/h6-9,18-19H,5,10-15H2,1-4H3,(H2,22,23,24). The highest BCUT2D eigenvalue weighted by Crippen LogP contribution is 2.20. The Bertz CT molecular complexity index is 760. The van der Waals surface area contributed by atoms with Gasteiger partial charge in [-0.1, -0.05) is 30.7 Å². The summed E-state index contributed by atoms with van der Waals surface area (Å²) in [5.74, 6) is 0.964. The maximum atomic E-state index is 12.2. The number of likely N-dealkylation sites (N-methyl/N-ethyl adjacent to an activating group) is 1. The van der Waals surface area contributed by atoms with Crippen molar-refractivity contribution in [1.82, 2.24) is 19.8 Å². The maximum Gasteiger partial charge on any atom is 0.214 e. The number of halogens is 1. The van der Waals surface area contributed by atoms with Crippen LogP contribution in [0.3, 0.4) is 0 Å². The highest BCUT2D eigenvalue weighted by Gasteiger charge is 2.27. The van der Waals surface area contributed by atoms with Crippen molar-refractivity contribution in [3.8, 4) is 0 Å². The quantitative estimate of drug-likeness (QED) is 0.476. The molecule has 1 aliphatic rings. The van der Waals surface area contributed by atoms with E-state index >= 15 is 0 Å². The van der Waals surface area contributed by atoms with E-state index in [9.17, 15) is 8.42 Å². The second kappa shape index (κ2) is 11.2. The molecule has 164 valence electrons. The summed E-state index contributed by atoms with van der Waals surface area (Å²) in [4.78, 5) is 6.49. The van der Waals surface area contributed by atoms with E-state index < -0.39 is 10.0 Å². The highest BCUT2D eigenvalue weighted by molar-refractivity contribution is 7.89. The maximum absolute atomic E-state index is 12.2. The fraction of sp³-hybridized carbons (Fsp3) is 0.650. The first-order valence-electron chi connectivity index (χ1n) is 10.1. The van der Waals surface area contributed by atoms with Gasteiger partial charge in [-0.3, -0.25) is 4.99 Å². The van der Waals surface area contributed by atoms with E-state index in [-0.39, 0.29) is 17.8 Å². The summed E-state index contributed by atoms with van der Waals surface area (Å²) in [6.07, 6.45) is 2.20. The smallest absolute Gasteiger partial charge is 0.214 e. The van der Waals surface area contributed by atoms with Gasteiger partial charge in [-0.15, -0.1) is 0 Å². The van der Waals surface area contributed by atoms with Crippen molar-refractivity contribution < 1.29 is 8.42 Å². The van der Waals surface area contributed by atoms with Gasteiger partial charge in [0.2, 0.25) is 10.0 Å². The third-order valence-electron chi connectivity index (χ3n) is 5.21. The minimum atomic E-state index is -3.11. The van der Waals surface area contributed by atoms with Gasteiger partial charge in [-0.05, 0) is 51.1 Å². The van der Waals surface area contributed by atoms with Crippen LogP contribution in [0.4, 0.5) is 0 Å². The summed E-state index contributed by atoms with van der Waals surface area (Å²) < 4.78 is 26.1. The van der Waals surface area contributed by atoms with Crippen molar-refractivity contribution in [3.63, 3.8) is 0 Å². The number of nitrogens with zero attached hydrogens (tertiary/aromatic N) is 3. The van der Waals surface area contributed by atoms with Gasteiger partial charge in [0, 0.05) is 37.7 Å². The van der Waals surface area contributed by atoms with E-state index in [1.165, 1.54) is 5.56 Å². The molecule has 1 saturated heterocycles. The van der Waals surface area contributed by atoms with Crippen LogP contribution in [0, 0.1) is 0 Å². The van der Waals surface area contributed by atoms with Crippen molar-refractivity contribution in [1.29, 1.82) is 0 Å². The van der Waals surface area contributed by atoms with Crippen LogP contribution in [-0.2, 0) is 10.0 Å². The van der Waals surface area contributed by atoms with E-state index in [1.807, 2.05) is 45.3 Å². The van der Waals surface area contributed by atoms with Gasteiger partial charge in [0.05, 0.1) is 11.8 Å². The molecule has 0 spiro atoms. The molecule has 1 fully saturated rings. The van der Waals surface area contributed by atoms with Crippen LogP contribution >= 0.6 is 11.6 Å². The molecule has 1 unspecified atom stereocenters. The molecule has 1 atom stereocenters. The minimum absolute atomic E-state index is 0.173. The van der Waals surface area contributed by atoms with E-state index in [1.54, 1.807) is 11.4 Å². The van der Waals surface area contributed by atoms with Gasteiger partial charge in [0.25, 0.3) is 0 Å². The molecule has 1 aromatic rings. The van der Waals surface area contributed by atoms with Crippen LogP contribution < -0.4 is 10.6 Å². The molecular weight excluding hydrogens is 410 g/mol. The first kappa shape index (κ1) is 23.9. The molecule has 2 N–H and O–H groups in total. The summed E-state index contributed by atoms with van der Waals surface area (Å²) in [5, 5.41) is 7.57. The Morgan fingerprint density at radius 2 is 1.90 bits per heavy atom. The van der Waals surface area contributed by atoms with Gasteiger partial charge in [-0.25, -0.2) is 12.7 Å². The largest absolute Gasteiger partial charge is 0.354 e. The number of nitrogens with one attached hydrogen (secondary N) is 2. The Labute approximate surface area is 180 Å². The average molecular weight is 444 g/mol. The third-order valence-corrected chi connectivity index (χ3v) is 7.54. The zero-order chi connectivity index (χ0) is 21.4. The minimum Gasteiger partial charge on any atom is -0.354 e. The lowest BCUT2D eigenvalue weighted by Crippen LogP contribution is -2.50. The lowest BCUT2D eigenvalue weighted by Gasteiger charge is -2.33. The monoisotopic (exact) mass is 443 g/mol. The topological polar surface area (TPSA) is 77.0 Å².